The summed E-state index contributed by atoms with van der Waals surface area (Å²) in [5.41, 5.74) is 0. The maximum absolute atomic E-state index is 13.6. The molecule has 0 aromatic rings. The van der Waals surface area contributed by atoms with Crippen LogP contribution in [0, 0.1) is 0 Å². The molecule has 0 saturated heterocycles. The van der Waals surface area contributed by atoms with Crippen LogP contribution in [0.25, 0.3) is 0 Å². The first-order valence-corrected chi connectivity index (χ1v) is 37.3. The van der Waals surface area contributed by atoms with E-state index in [-0.39, 0.29) is 25.1 Å². The minimum atomic E-state index is -4.46. The fraction of sp³-hybridized carbons (Fsp3) is 0.811. The molecule has 1 amide bonds. The number of unbranched alkanes of at least 4 members (excludes halogenated alkanes) is 39. The molecule has 0 aromatic heterocycles. The fourth-order valence-electron chi connectivity index (χ4n) is 10.4. The van der Waals surface area contributed by atoms with Crippen LogP contribution in [0.3, 0.4) is 0 Å². The van der Waals surface area contributed by atoms with E-state index in [1.807, 2.05) is 33.3 Å². The number of likely N-dealkylation sites (N-methyl/N-ethyl adjacent to an activating group) is 1. The van der Waals surface area contributed by atoms with Gasteiger partial charge >= 0.3 is 13.8 Å². The number of esters is 1. The van der Waals surface area contributed by atoms with Gasteiger partial charge in [0, 0.05) is 12.8 Å². The summed E-state index contributed by atoms with van der Waals surface area (Å²) in [6.07, 6.45) is 83.4. The third kappa shape index (κ3) is 63.9. The molecule has 0 heterocycles. The Bertz CT molecular complexity index is 1670. The molecule has 0 fully saturated rings. The molecule has 0 aromatic carbocycles. The van der Waals surface area contributed by atoms with E-state index in [0.717, 1.165) is 89.9 Å². The van der Waals surface area contributed by atoms with Crippen molar-refractivity contribution in [3.05, 3.63) is 72.9 Å². The van der Waals surface area contributed by atoms with Crippen molar-refractivity contribution in [3.63, 3.8) is 0 Å². The van der Waals surface area contributed by atoms with Gasteiger partial charge in [-0.05, 0) is 76.7 Å². The van der Waals surface area contributed by atoms with Crippen LogP contribution in [0.4, 0.5) is 0 Å². The number of phosphoric acid groups is 1. The predicted molar refractivity (Wildman–Crippen MR) is 365 cm³/mol. The van der Waals surface area contributed by atoms with E-state index in [1.165, 1.54) is 212 Å². The van der Waals surface area contributed by atoms with Gasteiger partial charge in [-0.25, -0.2) is 4.57 Å². The maximum Gasteiger partial charge on any atom is 0.472 e. The Balaban J connectivity index is 5.03. The Morgan fingerprint density at radius 2 is 0.762 bits per heavy atom. The average molecular weight is 1200 g/mol. The van der Waals surface area contributed by atoms with Crippen molar-refractivity contribution in [2.75, 3.05) is 40.9 Å². The molecule has 10 heteroatoms. The molecular formula is C74H138N2O7P+. The second kappa shape index (κ2) is 63.5. The lowest BCUT2D eigenvalue weighted by molar-refractivity contribution is -0.870. The number of hydrogen-bond donors (Lipinski definition) is 2. The molecule has 0 aliphatic carbocycles. The number of hydrogen-bond acceptors (Lipinski definition) is 6. The number of quaternary nitrogens is 1. The van der Waals surface area contributed by atoms with E-state index in [9.17, 15) is 19.0 Å². The highest BCUT2D eigenvalue weighted by molar-refractivity contribution is 7.47. The topological polar surface area (TPSA) is 111 Å². The van der Waals surface area contributed by atoms with E-state index < -0.39 is 20.0 Å². The van der Waals surface area contributed by atoms with Crippen LogP contribution >= 0.6 is 7.82 Å². The summed E-state index contributed by atoms with van der Waals surface area (Å²) in [6, 6.07) is -0.851. The molecule has 84 heavy (non-hydrogen) atoms. The third-order valence-corrected chi connectivity index (χ3v) is 16.9. The smallest absolute Gasteiger partial charge is 0.456 e. The summed E-state index contributed by atoms with van der Waals surface area (Å²) in [7, 11) is 1.50. The molecule has 0 rings (SSSR count). The third-order valence-electron chi connectivity index (χ3n) is 15.9. The highest BCUT2D eigenvalue weighted by Gasteiger charge is 2.30. The Morgan fingerprint density at radius 3 is 1.14 bits per heavy atom. The van der Waals surface area contributed by atoms with E-state index in [2.05, 4.69) is 86.8 Å². The van der Waals surface area contributed by atoms with Crippen LogP contribution < -0.4 is 5.32 Å². The number of rotatable bonds is 65. The molecule has 0 aliphatic heterocycles. The molecule has 2 N–H and O–H groups in total. The van der Waals surface area contributed by atoms with Crippen molar-refractivity contribution in [2.24, 2.45) is 0 Å². The number of phosphoric ester groups is 1. The van der Waals surface area contributed by atoms with E-state index in [0.29, 0.717) is 23.9 Å². The van der Waals surface area contributed by atoms with Gasteiger partial charge in [-0.3, -0.25) is 18.6 Å². The second-order valence-corrected chi connectivity index (χ2v) is 26.8. The molecular weight excluding hydrogens is 1060 g/mol. The Labute approximate surface area is 521 Å². The van der Waals surface area contributed by atoms with Crippen LogP contribution in [0.15, 0.2) is 72.9 Å². The molecule has 0 radical (unpaired) electrons. The summed E-state index contributed by atoms with van der Waals surface area (Å²) >= 11 is 0. The summed E-state index contributed by atoms with van der Waals surface area (Å²) in [5.74, 6) is -0.495. The molecule has 0 aliphatic rings. The van der Waals surface area contributed by atoms with Crippen molar-refractivity contribution in [2.45, 2.75) is 348 Å². The van der Waals surface area contributed by atoms with Gasteiger partial charge in [-0.2, -0.15) is 0 Å². The lowest BCUT2D eigenvalue weighted by Gasteiger charge is -2.27. The van der Waals surface area contributed by atoms with Gasteiger partial charge in [0.2, 0.25) is 5.91 Å². The van der Waals surface area contributed by atoms with Gasteiger partial charge < -0.3 is 19.4 Å². The highest BCUT2D eigenvalue weighted by Crippen LogP contribution is 2.43. The Morgan fingerprint density at radius 1 is 0.429 bits per heavy atom. The van der Waals surface area contributed by atoms with Crippen LogP contribution in [0.1, 0.15) is 335 Å². The fourth-order valence-corrected chi connectivity index (χ4v) is 11.2. The van der Waals surface area contributed by atoms with E-state index in [1.54, 1.807) is 0 Å². The highest BCUT2D eigenvalue weighted by atomic mass is 31.2. The van der Waals surface area contributed by atoms with Crippen molar-refractivity contribution in [3.8, 4) is 0 Å². The summed E-state index contributed by atoms with van der Waals surface area (Å²) in [5, 5.41) is 3.07. The molecule has 0 bridgehead atoms. The predicted octanol–water partition coefficient (Wildman–Crippen LogP) is 22.7. The normalized spacial score (nSPS) is 13.9. The largest absolute Gasteiger partial charge is 0.472 e. The first-order valence-electron chi connectivity index (χ1n) is 35.8. The number of carbonyl (C=O) groups is 2. The van der Waals surface area contributed by atoms with E-state index in [4.69, 9.17) is 13.8 Å². The molecule has 3 atom stereocenters. The van der Waals surface area contributed by atoms with Crippen LogP contribution in [-0.2, 0) is 27.9 Å². The molecule has 0 saturated carbocycles. The number of carbonyl (C=O) groups excluding carboxylic acids is 2. The zero-order chi connectivity index (χ0) is 61.4. The average Bonchev–Trinajstić information content (AvgIpc) is 3.64. The number of nitrogens with one attached hydrogen (secondary N) is 1. The van der Waals surface area contributed by atoms with Gasteiger partial charge in [0.15, 0.2) is 0 Å². The summed E-state index contributed by atoms with van der Waals surface area (Å²) < 4.78 is 30.8. The number of ether oxygens (including phenoxy) is 1. The van der Waals surface area contributed by atoms with Gasteiger partial charge in [0.05, 0.1) is 33.8 Å². The van der Waals surface area contributed by atoms with Gasteiger partial charge in [-0.15, -0.1) is 0 Å². The molecule has 9 nitrogen and oxygen atoms in total. The molecule has 0 spiro atoms. The summed E-state index contributed by atoms with van der Waals surface area (Å²) in [4.78, 5) is 37.9. The van der Waals surface area contributed by atoms with Crippen molar-refractivity contribution < 1.29 is 37.3 Å². The second-order valence-electron chi connectivity index (χ2n) is 25.4. The van der Waals surface area contributed by atoms with Crippen molar-refractivity contribution in [1.29, 1.82) is 0 Å². The lowest BCUT2D eigenvalue weighted by Crippen LogP contribution is -2.47. The first-order chi connectivity index (χ1) is 40.9. The SMILES string of the molecule is CC/C=C\C/C=C\C/C=C\C/C=C\C/C=C\CCCCCCCCCCCCCC(=O)NC(COP(=O)(O)OCC[N+](C)(C)C)C(/C=C\CCCCCCCCCCCC)OC(=O)CCCCCCCCCCCCCCCCCCCCC. The Kier molecular flexibility index (Phi) is 61.5. The molecule has 3 unspecified atom stereocenters. The number of allylic oxidation sites excluding steroid dienone is 11. The quantitative estimate of drug-likeness (QED) is 0.0205. The lowest BCUT2D eigenvalue weighted by atomic mass is 10.0. The zero-order valence-electron chi connectivity index (χ0n) is 56.1. The van der Waals surface area contributed by atoms with Crippen molar-refractivity contribution >= 4 is 19.7 Å². The summed E-state index contributed by atoms with van der Waals surface area (Å²) in [6.45, 7) is 6.94. The van der Waals surface area contributed by atoms with Crippen molar-refractivity contribution in [1.82, 2.24) is 5.32 Å². The van der Waals surface area contributed by atoms with Gasteiger partial charge in [0.1, 0.15) is 19.3 Å². The number of nitrogens with zero attached hydrogens (tertiary/aromatic N) is 1. The van der Waals surface area contributed by atoms with E-state index >= 15 is 0 Å². The minimum absolute atomic E-state index is 0.0396. The standard InChI is InChI=1S/C74H137N2O7P/c1-7-10-13-16-19-22-25-28-30-32-34-35-36-37-38-39-40-41-43-44-46-48-51-54-57-60-63-66-73(77)75-71(70-82-84(79,80)81-69-68-76(4,5)6)72(65-62-59-56-53-50-27-24-21-18-15-12-9-3)83-74(78)67-64-61-58-55-52-49-47-45-42-33-31-29-26-23-20-17-14-11-8-2/h10,13,19,22,28,30,34-35,37-38,62,65,71-72H,7-9,11-12,14-18,20-21,23-27,29,31-33,36,39-61,63-64,66-70H2,1-6H3,(H-,75,77,79,80)/p+1/b13-10-,22-19-,30-28-,35-34-,38-37-,65-62-. The molecule has 490 valence electrons. The number of amides is 1. The van der Waals surface area contributed by atoms with Gasteiger partial charge in [-0.1, -0.05) is 319 Å². The zero-order valence-corrected chi connectivity index (χ0v) is 57.0. The maximum atomic E-state index is 13.6. The minimum Gasteiger partial charge on any atom is -0.456 e. The first kappa shape index (κ1) is 81.5. The monoisotopic (exact) mass is 1200 g/mol. The Hall–Kier alpha value is -2.55. The van der Waals surface area contributed by atoms with Gasteiger partial charge in [0.25, 0.3) is 0 Å². The van der Waals surface area contributed by atoms with Crippen LogP contribution in [0.5, 0.6) is 0 Å². The van der Waals surface area contributed by atoms with Crippen LogP contribution in [-0.4, -0.2) is 74.3 Å². The van der Waals surface area contributed by atoms with Crippen LogP contribution in [0.2, 0.25) is 0 Å².